The number of nitrogens with zero attached hydrogens (tertiary/aromatic N) is 4. The van der Waals surface area contributed by atoms with E-state index in [0.29, 0.717) is 50.1 Å². The van der Waals surface area contributed by atoms with E-state index in [1.165, 1.54) is 6.26 Å². The number of fused-ring (bicyclic) bond motifs is 1. The summed E-state index contributed by atoms with van der Waals surface area (Å²) in [6.07, 6.45) is 1.37. The van der Waals surface area contributed by atoms with Gasteiger partial charge in [0.05, 0.1) is 18.0 Å². The second kappa shape index (κ2) is 9.46. The first-order valence-electron chi connectivity index (χ1n) is 11.4. The summed E-state index contributed by atoms with van der Waals surface area (Å²) in [5.74, 6) is 1.42. The summed E-state index contributed by atoms with van der Waals surface area (Å²) in [5.41, 5.74) is 1.94. The lowest BCUT2D eigenvalue weighted by molar-refractivity contribution is -0.121. The van der Waals surface area contributed by atoms with E-state index in [1.807, 2.05) is 55.5 Å². The van der Waals surface area contributed by atoms with Crippen molar-refractivity contribution in [1.82, 2.24) is 9.88 Å². The van der Waals surface area contributed by atoms with Crippen molar-refractivity contribution >= 4 is 23.2 Å². The zero-order valence-electron chi connectivity index (χ0n) is 19.0. The van der Waals surface area contributed by atoms with Gasteiger partial charge in [0, 0.05) is 26.2 Å². The van der Waals surface area contributed by atoms with E-state index in [-0.39, 0.29) is 30.7 Å². The van der Waals surface area contributed by atoms with Gasteiger partial charge < -0.3 is 23.7 Å². The number of carbonyl (C=O) groups excluding carboxylic acids is 2. The largest absolute Gasteiger partial charge is 0.492 e. The predicted octanol–water partition coefficient (Wildman–Crippen LogP) is 2.96. The molecule has 2 aromatic carbocycles. The maximum Gasteiger partial charge on any atom is 0.275 e. The summed E-state index contributed by atoms with van der Waals surface area (Å²) in [7, 11) is 0. The Kier molecular flexibility index (Phi) is 6.07. The van der Waals surface area contributed by atoms with Crippen LogP contribution in [0.2, 0.25) is 0 Å². The van der Waals surface area contributed by atoms with Crippen molar-refractivity contribution in [3.63, 3.8) is 0 Å². The van der Waals surface area contributed by atoms with Crippen LogP contribution in [0.25, 0.3) is 0 Å². The molecule has 0 saturated carbocycles. The zero-order chi connectivity index (χ0) is 23.5. The fourth-order valence-electron chi connectivity index (χ4n) is 4.25. The maximum absolute atomic E-state index is 13.0. The Morgan fingerprint density at radius 3 is 2.56 bits per heavy atom. The first kappa shape index (κ1) is 21.8. The van der Waals surface area contributed by atoms with Gasteiger partial charge in [0.15, 0.2) is 12.3 Å². The second-order valence-corrected chi connectivity index (χ2v) is 8.04. The van der Waals surface area contributed by atoms with Crippen LogP contribution in [0.3, 0.4) is 0 Å². The number of para-hydroxylation sites is 4. The Hall–Kier alpha value is -4.01. The SMILES string of the molecule is CCOc1ccccc1N1CCN(C(=O)c2coc(CN3C(=O)COc4ccccc43)n2)CC1. The van der Waals surface area contributed by atoms with Gasteiger partial charge >= 0.3 is 0 Å². The van der Waals surface area contributed by atoms with Crippen LogP contribution < -0.4 is 19.3 Å². The van der Waals surface area contributed by atoms with Crippen LogP contribution in [-0.2, 0) is 11.3 Å². The second-order valence-electron chi connectivity index (χ2n) is 8.04. The highest BCUT2D eigenvalue weighted by molar-refractivity contribution is 5.97. The molecular formula is C25H26N4O5. The molecule has 5 rings (SSSR count). The van der Waals surface area contributed by atoms with Gasteiger partial charge in [0.2, 0.25) is 5.89 Å². The van der Waals surface area contributed by atoms with Crippen LogP contribution in [0.1, 0.15) is 23.3 Å². The molecule has 0 unspecified atom stereocenters. The van der Waals surface area contributed by atoms with Crippen LogP contribution in [0.15, 0.2) is 59.2 Å². The van der Waals surface area contributed by atoms with E-state index < -0.39 is 0 Å². The van der Waals surface area contributed by atoms with Gasteiger partial charge in [0.1, 0.15) is 24.3 Å². The molecule has 3 aromatic rings. The molecule has 9 heteroatoms. The van der Waals surface area contributed by atoms with Crippen molar-refractivity contribution in [2.75, 3.05) is 49.2 Å². The molecule has 0 N–H and O–H groups in total. The van der Waals surface area contributed by atoms with Gasteiger partial charge in [-0.25, -0.2) is 4.98 Å². The van der Waals surface area contributed by atoms with E-state index in [0.717, 1.165) is 11.4 Å². The Morgan fingerprint density at radius 2 is 1.76 bits per heavy atom. The molecule has 1 saturated heterocycles. The zero-order valence-corrected chi connectivity index (χ0v) is 19.0. The molecule has 0 atom stereocenters. The maximum atomic E-state index is 13.0. The molecule has 34 heavy (non-hydrogen) atoms. The normalized spacial score (nSPS) is 15.7. The van der Waals surface area contributed by atoms with Gasteiger partial charge in [-0.15, -0.1) is 0 Å². The number of hydrogen-bond acceptors (Lipinski definition) is 7. The molecule has 0 aliphatic carbocycles. The molecule has 0 radical (unpaired) electrons. The summed E-state index contributed by atoms with van der Waals surface area (Å²) >= 11 is 0. The van der Waals surface area contributed by atoms with Crippen LogP contribution in [-0.4, -0.2) is 61.1 Å². The minimum atomic E-state index is -0.187. The lowest BCUT2D eigenvalue weighted by atomic mass is 10.2. The lowest BCUT2D eigenvalue weighted by Crippen LogP contribution is -2.49. The van der Waals surface area contributed by atoms with Gasteiger partial charge in [0.25, 0.3) is 11.8 Å². The molecule has 2 amide bonds. The summed E-state index contributed by atoms with van der Waals surface area (Å²) in [6, 6.07) is 15.3. The van der Waals surface area contributed by atoms with Crippen molar-refractivity contribution in [1.29, 1.82) is 0 Å². The van der Waals surface area contributed by atoms with Crippen molar-refractivity contribution in [3.05, 3.63) is 66.4 Å². The summed E-state index contributed by atoms with van der Waals surface area (Å²) in [6.45, 7) is 5.18. The average molecular weight is 463 g/mol. The van der Waals surface area contributed by atoms with Crippen molar-refractivity contribution in [3.8, 4) is 11.5 Å². The molecule has 1 aromatic heterocycles. The fourth-order valence-corrected chi connectivity index (χ4v) is 4.25. The average Bonchev–Trinajstić information content (AvgIpc) is 3.35. The van der Waals surface area contributed by atoms with Crippen molar-refractivity contribution < 1.29 is 23.5 Å². The third kappa shape index (κ3) is 4.28. The Labute approximate surface area is 197 Å². The van der Waals surface area contributed by atoms with Crippen molar-refractivity contribution in [2.45, 2.75) is 13.5 Å². The molecule has 1 fully saturated rings. The highest BCUT2D eigenvalue weighted by atomic mass is 16.5. The molecule has 0 spiro atoms. The fraction of sp³-hybridized carbons (Fsp3) is 0.320. The highest BCUT2D eigenvalue weighted by Crippen LogP contribution is 2.32. The summed E-state index contributed by atoms with van der Waals surface area (Å²) in [5, 5.41) is 0. The summed E-state index contributed by atoms with van der Waals surface area (Å²) in [4.78, 5) is 35.4. The van der Waals surface area contributed by atoms with E-state index >= 15 is 0 Å². The lowest BCUT2D eigenvalue weighted by Gasteiger charge is -2.36. The molecular weight excluding hydrogens is 436 g/mol. The predicted molar refractivity (Wildman–Crippen MR) is 125 cm³/mol. The van der Waals surface area contributed by atoms with Gasteiger partial charge in [-0.1, -0.05) is 24.3 Å². The van der Waals surface area contributed by atoms with Crippen LogP contribution in [0.5, 0.6) is 11.5 Å². The smallest absolute Gasteiger partial charge is 0.275 e. The Morgan fingerprint density at radius 1 is 1.03 bits per heavy atom. The molecule has 0 bridgehead atoms. The minimum Gasteiger partial charge on any atom is -0.492 e. The number of rotatable bonds is 6. The minimum absolute atomic E-state index is 0.0415. The van der Waals surface area contributed by atoms with Crippen molar-refractivity contribution in [2.24, 2.45) is 0 Å². The first-order chi connectivity index (χ1) is 16.6. The number of carbonyl (C=O) groups is 2. The number of hydrogen-bond donors (Lipinski definition) is 0. The third-order valence-electron chi connectivity index (χ3n) is 5.95. The molecule has 2 aliphatic heterocycles. The van der Waals surface area contributed by atoms with Crippen LogP contribution in [0.4, 0.5) is 11.4 Å². The number of aromatic nitrogens is 1. The number of anilines is 2. The monoisotopic (exact) mass is 462 g/mol. The van der Waals surface area contributed by atoms with Gasteiger partial charge in [-0.3, -0.25) is 14.5 Å². The molecule has 3 heterocycles. The molecule has 9 nitrogen and oxygen atoms in total. The topological polar surface area (TPSA) is 88.4 Å². The van der Waals surface area contributed by atoms with Gasteiger partial charge in [-0.2, -0.15) is 0 Å². The van der Waals surface area contributed by atoms with Crippen LogP contribution in [0, 0.1) is 0 Å². The number of amides is 2. The number of benzene rings is 2. The quantitative estimate of drug-likeness (QED) is 0.557. The third-order valence-corrected chi connectivity index (χ3v) is 5.95. The highest BCUT2D eigenvalue weighted by Gasteiger charge is 2.29. The number of ether oxygens (including phenoxy) is 2. The Balaban J connectivity index is 1.23. The molecule has 2 aliphatic rings. The Bertz CT molecular complexity index is 1190. The standard InChI is InChI=1S/C25H26N4O5/c1-2-32-21-9-5-3-7-19(21)27-11-13-28(14-12-27)25(31)18-16-34-23(26-18)15-29-20-8-4-6-10-22(20)33-17-24(29)30/h3-10,16H,2,11-15,17H2,1H3. The van der Waals surface area contributed by atoms with E-state index in [9.17, 15) is 9.59 Å². The summed E-state index contributed by atoms with van der Waals surface area (Å²) < 4.78 is 16.8. The number of piperazine rings is 1. The number of oxazole rings is 1. The van der Waals surface area contributed by atoms with E-state index in [2.05, 4.69) is 9.88 Å². The van der Waals surface area contributed by atoms with E-state index in [1.54, 1.807) is 9.80 Å². The molecule has 176 valence electrons. The first-order valence-corrected chi connectivity index (χ1v) is 11.4. The van der Waals surface area contributed by atoms with Gasteiger partial charge in [-0.05, 0) is 31.2 Å². The van der Waals surface area contributed by atoms with Crippen LogP contribution >= 0.6 is 0 Å². The van der Waals surface area contributed by atoms with E-state index in [4.69, 9.17) is 13.9 Å².